The lowest BCUT2D eigenvalue weighted by molar-refractivity contribution is 0.535. The lowest BCUT2D eigenvalue weighted by atomic mass is 10.0. The third-order valence-corrected chi connectivity index (χ3v) is 4.14. The van der Waals surface area contributed by atoms with Crippen LogP contribution in [0.15, 0.2) is 24.8 Å². The summed E-state index contributed by atoms with van der Waals surface area (Å²) in [5.41, 5.74) is 1.20. The highest BCUT2D eigenvalue weighted by Crippen LogP contribution is 2.14. The number of rotatable bonds is 16. The van der Waals surface area contributed by atoms with E-state index in [0.29, 0.717) is 0 Å². The van der Waals surface area contributed by atoms with Gasteiger partial charge in [0, 0.05) is 0 Å². The Morgan fingerprint density at radius 1 is 0.650 bits per heavy atom. The van der Waals surface area contributed by atoms with Crippen LogP contribution in [0, 0.1) is 0 Å². The molecule has 0 heteroatoms. The molecule has 0 aromatic rings. The van der Waals surface area contributed by atoms with E-state index in [-0.39, 0.29) is 0 Å². The fourth-order valence-electron chi connectivity index (χ4n) is 2.65. The van der Waals surface area contributed by atoms with Crippen LogP contribution in [0.25, 0.3) is 0 Å². The fourth-order valence-corrected chi connectivity index (χ4v) is 2.65. The SMILES string of the molecule is C=CC(=C)CCCCCCCCCCCCCCCC. The highest BCUT2D eigenvalue weighted by atomic mass is 14.0. The number of unbranched alkanes of at least 4 members (excludes halogenated alkanes) is 13. The van der Waals surface area contributed by atoms with E-state index >= 15 is 0 Å². The molecule has 0 bridgehead atoms. The first-order valence-electron chi connectivity index (χ1n) is 9.11. The minimum atomic E-state index is 1.14. The first kappa shape index (κ1) is 19.5. The molecule has 0 saturated heterocycles. The van der Waals surface area contributed by atoms with Crippen molar-refractivity contribution in [2.75, 3.05) is 0 Å². The maximum absolute atomic E-state index is 3.95. The first-order chi connectivity index (χ1) is 9.81. The molecule has 0 aliphatic carbocycles. The second kappa shape index (κ2) is 16.5. The zero-order valence-electron chi connectivity index (χ0n) is 14.1. The second-order valence-electron chi connectivity index (χ2n) is 6.21. The van der Waals surface area contributed by atoms with Crippen molar-refractivity contribution < 1.29 is 0 Å². The van der Waals surface area contributed by atoms with Crippen molar-refractivity contribution in [3.63, 3.8) is 0 Å². The Morgan fingerprint density at radius 3 is 1.35 bits per heavy atom. The molecule has 0 unspecified atom stereocenters. The Bertz CT molecular complexity index is 214. The molecular weight excluding hydrogens is 240 g/mol. The molecule has 0 rings (SSSR count). The van der Waals surface area contributed by atoms with E-state index in [0.717, 1.165) is 6.42 Å². The first-order valence-corrected chi connectivity index (χ1v) is 9.11. The van der Waals surface area contributed by atoms with E-state index in [4.69, 9.17) is 0 Å². The van der Waals surface area contributed by atoms with Gasteiger partial charge in [-0.15, -0.1) is 0 Å². The van der Waals surface area contributed by atoms with E-state index in [1.54, 1.807) is 0 Å². The molecule has 0 fully saturated rings. The van der Waals surface area contributed by atoms with Crippen molar-refractivity contribution in [2.24, 2.45) is 0 Å². The summed E-state index contributed by atoms with van der Waals surface area (Å²) in [4.78, 5) is 0. The third-order valence-electron chi connectivity index (χ3n) is 4.14. The molecule has 0 atom stereocenters. The Balaban J connectivity index is 2.99. The van der Waals surface area contributed by atoms with Gasteiger partial charge in [-0.25, -0.2) is 0 Å². The van der Waals surface area contributed by atoms with Crippen LogP contribution in [0.5, 0.6) is 0 Å². The van der Waals surface area contributed by atoms with Crippen LogP contribution in [0.1, 0.15) is 103 Å². The zero-order valence-corrected chi connectivity index (χ0v) is 14.1. The molecule has 0 N–H and O–H groups in total. The number of hydrogen-bond donors (Lipinski definition) is 0. The molecule has 0 nitrogen and oxygen atoms in total. The summed E-state index contributed by atoms with van der Waals surface area (Å²) in [5.74, 6) is 0. The van der Waals surface area contributed by atoms with Crippen LogP contribution in [0.4, 0.5) is 0 Å². The molecule has 0 aromatic heterocycles. The minimum absolute atomic E-state index is 1.14. The zero-order chi connectivity index (χ0) is 14.9. The van der Waals surface area contributed by atoms with Gasteiger partial charge in [0.05, 0.1) is 0 Å². The summed E-state index contributed by atoms with van der Waals surface area (Å²) < 4.78 is 0. The van der Waals surface area contributed by atoms with Crippen LogP contribution in [0.3, 0.4) is 0 Å². The van der Waals surface area contributed by atoms with Gasteiger partial charge in [0.1, 0.15) is 0 Å². The third kappa shape index (κ3) is 15.5. The summed E-state index contributed by atoms with van der Waals surface area (Å²) in [5, 5.41) is 0. The largest absolute Gasteiger partial charge is 0.0988 e. The maximum Gasteiger partial charge on any atom is -0.0285 e. The van der Waals surface area contributed by atoms with Gasteiger partial charge in [-0.05, 0) is 12.8 Å². The minimum Gasteiger partial charge on any atom is -0.0988 e. The maximum atomic E-state index is 3.95. The molecule has 0 aliphatic rings. The molecule has 20 heavy (non-hydrogen) atoms. The monoisotopic (exact) mass is 278 g/mol. The van der Waals surface area contributed by atoms with Crippen molar-refractivity contribution in [1.29, 1.82) is 0 Å². The summed E-state index contributed by atoms with van der Waals surface area (Å²) in [7, 11) is 0. The van der Waals surface area contributed by atoms with Crippen molar-refractivity contribution in [3.05, 3.63) is 24.8 Å². The van der Waals surface area contributed by atoms with Gasteiger partial charge in [-0.1, -0.05) is 115 Å². The van der Waals surface area contributed by atoms with Gasteiger partial charge in [0.2, 0.25) is 0 Å². The standard InChI is InChI=1S/C20H38/c1-4-6-7-8-9-10-11-12-13-14-15-16-17-18-19-20(3)5-2/h5H,2-4,6-19H2,1H3. The van der Waals surface area contributed by atoms with Gasteiger partial charge < -0.3 is 0 Å². The predicted molar refractivity (Wildman–Crippen MR) is 94.3 cm³/mol. The Morgan fingerprint density at radius 2 is 1.00 bits per heavy atom. The second-order valence-corrected chi connectivity index (χ2v) is 6.21. The van der Waals surface area contributed by atoms with Crippen LogP contribution < -0.4 is 0 Å². The van der Waals surface area contributed by atoms with E-state index in [2.05, 4.69) is 20.1 Å². The van der Waals surface area contributed by atoms with E-state index in [1.807, 2.05) is 6.08 Å². The molecule has 0 saturated carbocycles. The number of allylic oxidation sites excluding steroid dienone is 2. The van der Waals surface area contributed by atoms with Gasteiger partial charge >= 0.3 is 0 Å². The van der Waals surface area contributed by atoms with Crippen LogP contribution in [0.2, 0.25) is 0 Å². The molecule has 118 valence electrons. The van der Waals surface area contributed by atoms with Crippen LogP contribution in [-0.2, 0) is 0 Å². The van der Waals surface area contributed by atoms with Crippen molar-refractivity contribution in [2.45, 2.75) is 103 Å². The lowest BCUT2D eigenvalue weighted by Crippen LogP contribution is -1.83. The quantitative estimate of drug-likeness (QED) is 0.201. The summed E-state index contributed by atoms with van der Waals surface area (Å²) in [6.45, 7) is 9.99. The molecule has 0 aliphatic heterocycles. The van der Waals surface area contributed by atoms with Crippen LogP contribution >= 0.6 is 0 Å². The van der Waals surface area contributed by atoms with Gasteiger partial charge in [-0.3, -0.25) is 0 Å². The molecule has 0 amide bonds. The summed E-state index contributed by atoms with van der Waals surface area (Å²) >= 11 is 0. The molecule has 0 heterocycles. The highest BCUT2D eigenvalue weighted by Gasteiger charge is 1.94. The van der Waals surface area contributed by atoms with Crippen molar-refractivity contribution in [1.82, 2.24) is 0 Å². The summed E-state index contributed by atoms with van der Waals surface area (Å²) in [6.07, 6.45) is 23.0. The van der Waals surface area contributed by atoms with Gasteiger partial charge in [0.25, 0.3) is 0 Å². The molecule has 0 spiro atoms. The van der Waals surface area contributed by atoms with Crippen molar-refractivity contribution in [3.8, 4) is 0 Å². The summed E-state index contributed by atoms with van der Waals surface area (Å²) in [6, 6.07) is 0. The van der Waals surface area contributed by atoms with Crippen LogP contribution in [-0.4, -0.2) is 0 Å². The Hall–Kier alpha value is -0.520. The average molecular weight is 279 g/mol. The molecular formula is C20H38. The topological polar surface area (TPSA) is 0 Å². The molecule has 0 aromatic carbocycles. The Kier molecular flexibility index (Phi) is 16.1. The Labute approximate surface area is 128 Å². The molecule has 0 radical (unpaired) electrons. The predicted octanol–water partition coefficient (Wildman–Crippen LogP) is 7.60. The number of hydrogen-bond acceptors (Lipinski definition) is 0. The van der Waals surface area contributed by atoms with E-state index in [1.165, 1.54) is 95.5 Å². The normalized spacial score (nSPS) is 10.7. The highest BCUT2D eigenvalue weighted by molar-refractivity contribution is 5.10. The van der Waals surface area contributed by atoms with Gasteiger partial charge in [0.15, 0.2) is 0 Å². The van der Waals surface area contributed by atoms with Crippen molar-refractivity contribution >= 4 is 0 Å². The van der Waals surface area contributed by atoms with E-state index in [9.17, 15) is 0 Å². The van der Waals surface area contributed by atoms with Gasteiger partial charge in [-0.2, -0.15) is 0 Å². The van der Waals surface area contributed by atoms with E-state index < -0.39 is 0 Å². The fraction of sp³-hybridized carbons (Fsp3) is 0.800. The average Bonchev–Trinajstić information content (AvgIpc) is 2.47. The smallest absolute Gasteiger partial charge is 0.0285 e. The lowest BCUT2D eigenvalue weighted by Gasteiger charge is -2.03.